The van der Waals surface area contributed by atoms with Gasteiger partial charge in [0.25, 0.3) is 0 Å². The molecule has 0 amide bonds. The highest BCUT2D eigenvalue weighted by Gasteiger charge is 2.64. The molecule has 5 aliphatic carbocycles. The number of ether oxygens (including phenoxy) is 2. The molecule has 2 N–H and O–H groups in total. The molecule has 5 rings (SSSR count). The predicted octanol–water partition coefficient (Wildman–Crippen LogP) is 8.32. The average molecular weight is 671 g/mol. The number of aliphatic carboxylic acids is 2. The predicted molar refractivity (Wildman–Crippen MR) is 183 cm³/mol. The summed E-state index contributed by atoms with van der Waals surface area (Å²) in [6.45, 7) is 20.5. The molecule has 0 aliphatic heterocycles. The number of esters is 2. The van der Waals surface area contributed by atoms with Crippen LogP contribution in [0.1, 0.15) is 132 Å². The largest absolute Gasteiger partial charge is 0.481 e. The number of hydrogen-bond donors (Lipinski definition) is 2. The lowest BCUT2D eigenvalue weighted by Crippen LogP contribution is -2.60. The lowest BCUT2D eigenvalue weighted by Gasteiger charge is -2.65. The zero-order valence-electron chi connectivity index (χ0n) is 30.9. The van der Waals surface area contributed by atoms with E-state index in [1.807, 2.05) is 0 Å². The van der Waals surface area contributed by atoms with Gasteiger partial charge in [0.15, 0.2) is 0 Å². The number of carboxylic acids is 2. The van der Waals surface area contributed by atoms with Crippen LogP contribution in [0.2, 0.25) is 0 Å². The Bertz CT molecular complexity index is 1310. The lowest BCUT2D eigenvalue weighted by molar-refractivity contribution is -0.205. The van der Waals surface area contributed by atoms with E-state index in [4.69, 9.17) is 9.47 Å². The Hall–Kier alpha value is -2.38. The van der Waals surface area contributed by atoms with E-state index in [9.17, 15) is 29.4 Å². The van der Waals surface area contributed by atoms with Crippen LogP contribution in [0.15, 0.2) is 12.2 Å². The molecule has 0 heterocycles. The fourth-order valence-electron chi connectivity index (χ4n) is 12.3. The molecule has 0 aromatic carbocycles. The SMILES string of the molecule is C=C(C)[C@@H]1CC[C@]2(COC(=O)CC(C)(C)C(=O)O)CC[C@@H]3[C@H](CC[C@H]4[C@H]3CC[C@H]3C(C)(C)[C@@H](OC(=O)C(C)(C)CC(=O)O)CC[C@]43C)[C@@H]12. The molecule has 5 fully saturated rings. The van der Waals surface area contributed by atoms with Crippen molar-refractivity contribution < 1.29 is 38.9 Å². The first kappa shape index (κ1) is 36.9. The van der Waals surface area contributed by atoms with Crippen LogP contribution in [-0.2, 0) is 28.7 Å². The third-order valence-corrected chi connectivity index (χ3v) is 14.8. The van der Waals surface area contributed by atoms with Gasteiger partial charge >= 0.3 is 23.9 Å². The van der Waals surface area contributed by atoms with Gasteiger partial charge in [-0.15, -0.1) is 0 Å². The summed E-state index contributed by atoms with van der Waals surface area (Å²) in [6.07, 6.45) is 10.2. The molecule has 5 saturated carbocycles. The van der Waals surface area contributed by atoms with Gasteiger partial charge in [-0.1, -0.05) is 32.9 Å². The van der Waals surface area contributed by atoms with Crippen molar-refractivity contribution in [2.45, 2.75) is 139 Å². The molecule has 0 radical (unpaired) electrons. The highest BCUT2D eigenvalue weighted by atomic mass is 16.5. The minimum Gasteiger partial charge on any atom is -0.481 e. The van der Waals surface area contributed by atoms with Crippen LogP contribution in [0.3, 0.4) is 0 Å². The minimum atomic E-state index is -1.15. The van der Waals surface area contributed by atoms with E-state index in [2.05, 4.69) is 34.3 Å². The second-order valence-corrected chi connectivity index (χ2v) is 19.0. The van der Waals surface area contributed by atoms with Crippen molar-refractivity contribution in [1.29, 1.82) is 0 Å². The van der Waals surface area contributed by atoms with Gasteiger partial charge in [0.2, 0.25) is 0 Å². The second kappa shape index (κ2) is 12.7. The second-order valence-electron chi connectivity index (χ2n) is 19.0. The summed E-state index contributed by atoms with van der Waals surface area (Å²) >= 11 is 0. The van der Waals surface area contributed by atoms with E-state index in [1.165, 1.54) is 24.8 Å². The van der Waals surface area contributed by atoms with Gasteiger partial charge in [0, 0.05) is 10.8 Å². The van der Waals surface area contributed by atoms with Crippen molar-refractivity contribution in [3.63, 3.8) is 0 Å². The Morgan fingerprint density at radius 2 is 1.44 bits per heavy atom. The van der Waals surface area contributed by atoms with E-state index in [0.717, 1.165) is 44.9 Å². The first-order valence-electron chi connectivity index (χ1n) is 18.6. The molecule has 10 atom stereocenters. The normalized spacial score (nSPS) is 38.8. The molecule has 8 nitrogen and oxygen atoms in total. The van der Waals surface area contributed by atoms with Crippen LogP contribution in [0.25, 0.3) is 0 Å². The smallest absolute Gasteiger partial charge is 0.312 e. The molecule has 48 heavy (non-hydrogen) atoms. The molecular weight excluding hydrogens is 608 g/mol. The standard InChI is InChI=1S/C40H62O8/c1-23(2)24-14-18-40(22-47-32(43)21-36(3,4)34(44)45)19-15-25-26-11-13-29-38(7,8)30(48-35(46)37(5,6)20-31(41)42)16-17-39(29,9)28(26)12-10-27(25)33(24)40/h24-30,33H,1,10-22H2,2-9H3,(H,41,42)(H,44,45)/t24-,25-,26-,27-,28-,29-,30-,33+,39+,40+/m0/s1. The molecular formula is C40H62O8. The molecule has 0 bridgehead atoms. The van der Waals surface area contributed by atoms with Crippen molar-refractivity contribution in [2.75, 3.05) is 6.61 Å². The van der Waals surface area contributed by atoms with Crippen LogP contribution >= 0.6 is 0 Å². The summed E-state index contributed by atoms with van der Waals surface area (Å²) in [5.74, 6) is 0.938. The Labute approximate surface area is 288 Å². The molecule has 270 valence electrons. The van der Waals surface area contributed by atoms with Gasteiger partial charge in [0.05, 0.1) is 30.3 Å². The first-order chi connectivity index (χ1) is 22.2. The third-order valence-electron chi connectivity index (χ3n) is 14.8. The van der Waals surface area contributed by atoms with Crippen molar-refractivity contribution in [3.8, 4) is 0 Å². The zero-order valence-corrected chi connectivity index (χ0v) is 30.9. The molecule has 5 aliphatic rings. The van der Waals surface area contributed by atoms with Gasteiger partial charge < -0.3 is 19.7 Å². The minimum absolute atomic E-state index is 0.0694. The zero-order chi connectivity index (χ0) is 35.6. The number of carbonyl (C=O) groups excluding carboxylic acids is 2. The highest BCUT2D eigenvalue weighted by molar-refractivity contribution is 5.82. The number of hydrogen-bond acceptors (Lipinski definition) is 6. The summed E-state index contributed by atoms with van der Waals surface area (Å²) in [7, 11) is 0. The lowest BCUT2D eigenvalue weighted by atomic mass is 9.40. The molecule has 8 heteroatoms. The van der Waals surface area contributed by atoms with Crippen LogP contribution in [0.5, 0.6) is 0 Å². The summed E-state index contributed by atoms with van der Waals surface area (Å²) in [5.41, 5.74) is -1.10. The van der Waals surface area contributed by atoms with Crippen molar-refractivity contribution in [2.24, 2.45) is 68.5 Å². The van der Waals surface area contributed by atoms with E-state index in [1.54, 1.807) is 27.7 Å². The van der Waals surface area contributed by atoms with Gasteiger partial charge in [-0.05, 0) is 146 Å². The van der Waals surface area contributed by atoms with Gasteiger partial charge in [-0.3, -0.25) is 19.2 Å². The molecule has 0 spiro atoms. The van der Waals surface area contributed by atoms with Crippen LogP contribution in [0.4, 0.5) is 0 Å². The number of carbonyl (C=O) groups is 4. The van der Waals surface area contributed by atoms with Gasteiger partial charge in [0.1, 0.15) is 6.10 Å². The quantitative estimate of drug-likeness (QED) is 0.176. The van der Waals surface area contributed by atoms with Crippen molar-refractivity contribution >= 4 is 23.9 Å². The maximum atomic E-state index is 13.2. The first-order valence-corrected chi connectivity index (χ1v) is 18.6. The topological polar surface area (TPSA) is 127 Å². The molecule has 0 unspecified atom stereocenters. The van der Waals surface area contributed by atoms with Crippen LogP contribution in [-0.4, -0.2) is 46.8 Å². The van der Waals surface area contributed by atoms with E-state index in [-0.39, 0.29) is 35.2 Å². The monoisotopic (exact) mass is 670 g/mol. The summed E-state index contributed by atoms with van der Waals surface area (Å²) in [5, 5.41) is 18.9. The fourth-order valence-corrected chi connectivity index (χ4v) is 12.3. The number of rotatable bonds is 10. The molecule has 0 aromatic heterocycles. The van der Waals surface area contributed by atoms with E-state index >= 15 is 0 Å². The molecule has 0 aromatic rings. The maximum absolute atomic E-state index is 13.2. The van der Waals surface area contributed by atoms with Gasteiger partial charge in [-0.25, -0.2) is 0 Å². The van der Waals surface area contributed by atoms with Crippen molar-refractivity contribution in [1.82, 2.24) is 0 Å². The fraction of sp³-hybridized carbons (Fsp3) is 0.850. The van der Waals surface area contributed by atoms with Crippen LogP contribution in [0, 0.1) is 68.5 Å². The summed E-state index contributed by atoms with van der Waals surface area (Å²) in [4.78, 5) is 49.2. The Morgan fingerprint density at radius 3 is 2.06 bits per heavy atom. The van der Waals surface area contributed by atoms with Gasteiger partial charge in [-0.2, -0.15) is 0 Å². The molecule has 0 saturated heterocycles. The Morgan fingerprint density at radius 1 is 0.792 bits per heavy atom. The van der Waals surface area contributed by atoms with Crippen molar-refractivity contribution in [3.05, 3.63) is 12.2 Å². The summed E-state index contributed by atoms with van der Waals surface area (Å²) < 4.78 is 12.2. The van der Waals surface area contributed by atoms with Crippen LogP contribution < -0.4 is 0 Å². The number of fused-ring (bicyclic) bond motifs is 7. The Kier molecular flexibility index (Phi) is 9.79. The highest BCUT2D eigenvalue weighted by Crippen LogP contribution is 2.70. The maximum Gasteiger partial charge on any atom is 0.312 e. The number of carboxylic acid groups (broad SMARTS) is 2. The third kappa shape index (κ3) is 6.36. The van der Waals surface area contributed by atoms with E-state index < -0.39 is 34.7 Å². The van der Waals surface area contributed by atoms with E-state index in [0.29, 0.717) is 48.0 Å². The average Bonchev–Trinajstić information content (AvgIpc) is 3.37. The Balaban J connectivity index is 1.32. The summed E-state index contributed by atoms with van der Waals surface area (Å²) in [6, 6.07) is 0. The number of allylic oxidation sites excluding steroid dienone is 1.